The summed E-state index contributed by atoms with van der Waals surface area (Å²) in [6.07, 6.45) is 5.21. The van der Waals surface area contributed by atoms with Gasteiger partial charge in [-0.1, -0.05) is 17.7 Å². The molecular formula is C19H18ClN5O2. The maximum absolute atomic E-state index is 12.8. The summed E-state index contributed by atoms with van der Waals surface area (Å²) >= 11 is 6.09. The summed E-state index contributed by atoms with van der Waals surface area (Å²) in [5, 5.41) is 7.72. The molecule has 2 heterocycles. The predicted octanol–water partition coefficient (Wildman–Crippen LogP) is 3.04. The molecule has 4 rings (SSSR count). The topological polar surface area (TPSA) is 81.8 Å². The molecule has 27 heavy (non-hydrogen) atoms. The van der Waals surface area contributed by atoms with Crippen LogP contribution in [0.15, 0.2) is 47.5 Å². The van der Waals surface area contributed by atoms with E-state index in [9.17, 15) is 9.59 Å². The summed E-state index contributed by atoms with van der Waals surface area (Å²) in [6.45, 7) is 1.72. The van der Waals surface area contributed by atoms with Crippen molar-refractivity contribution in [3.05, 3.63) is 63.8 Å². The molecule has 0 bridgehead atoms. The Bertz CT molecular complexity index is 1050. The van der Waals surface area contributed by atoms with Crippen molar-refractivity contribution >= 4 is 23.2 Å². The van der Waals surface area contributed by atoms with Crippen LogP contribution in [0.1, 0.15) is 24.4 Å². The summed E-state index contributed by atoms with van der Waals surface area (Å²) in [5.41, 5.74) is 1.98. The minimum atomic E-state index is -0.338. The third-order valence-corrected chi connectivity index (χ3v) is 4.86. The van der Waals surface area contributed by atoms with E-state index in [1.807, 2.05) is 19.1 Å². The SMILES string of the molecule is Cc1ccc(NC(=O)Cn2nc(-c3cccnc3)n(C3CC3)c2=O)cc1Cl. The number of pyridine rings is 1. The second-order valence-electron chi connectivity index (χ2n) is 6.62. The first-order valence-corrected chi connectivity index (χ1v) is 9.06. The van der Waals surface area contributed by atoms with Crippen LogP contribution in [0.3, 0.4) is 0 Å². The predicted molar refractivity (Wildman–Crippen MR) is 103 cm³/mol. The van der Waals surface area contributed by atoms with E-state index >= 15 is 0 Å². The van der Waals surface area contributed by atoms with Crippen LogP contribution in [0.5, 0.6) is 0 Å². The van der Waals surface area contributed by atoms with Crippen LogP contribution in [0.25, 0.3) is 11.4 Å². The van der Waals surface area contributed by atoms with Crippen molar-refractivity contribution in [2.75, 3.05) is 5.32 Å². The van der Waals surface area contributed by atoms with Gasteiger partial charge in [-0.15, -0.1) is 5.10 Å². The third-order valence-electron chi connectivity index (χ3n) is 4.45. The van der Waals surface area contributed by atoms with Crippen molar-refractivity contribution in [1.82, 2.24) is 19.3 Å². The maximum atomic E-state index is 12.8. The molecule has 1 aliphatic carbocycles. The van der Waals surface area contributed by atoms with Gasteiger partial charge in [0, 0.05) is 34.7 Å². The molecule has 2 aromatic heterocycles. The number of rotatable bonds is 5. The fraction of sp³-hybridized carbons (Fsp3) is 0.263. The van der Waals surface area contributed by atoms with E-state index in [0.29, 0.717) is 16.5 Å². The molecule has 1 fully saturated rings. The zero-order valence-corrected chi connectivity index (χ0v) is 15.5. The zero-order chi connectivity index (χ0) is 19.0. The van der Waals surface area contributed by atoms with Crippen LogP contribution < -0.4 is 11.0 Å². The second kappa shape index (κ2) is 7.00. The highest BCUT2D eigenvalue weighted by atomic mass is 35.5. The van der Waals surface area contributed by atoms with Crippen molar-refractivity contribution < 1.29 is 4.79 Å². The number of nitrogens with zero attached hydrogens (tertiary/aromatic N) is 4. The van der Waals surface area contributed by atoms with Crippen molar-refractivity contribution in [2.24, 2.45) is 0 Å². The molecule has 8 heteroatoms. The molecule has 0 atom stereocenters. The van der Waals surface area contributed by atoms with Crippen LogP contribution >= 0.6 is 11.6 Å². The number of amides is 1. The quantitative estimate of drug-likeness (QED) is 0.734. The molecular weight excluding hydrogens is 366 g/mol. The van der Waals surface area contributed by atoms with Crippen LogP contribution in [-0.4, -0.2) is 25.2 Å². The van der Waals surface area contributed by atoms with Gasteiger partial charge in [0.2, 0.25) is 5.91 Å². The fourth-order valence-electron chi connectivity index (χ4n) is 2.88. The van der Waals surface area contributed by atoms with Gasteiger partial charge in [-0.2, -0.15) is 0 Å². The lowest BCUT2D eigenvalue weighted by molar-refractivity contribution is -0.117. The molecule has 1 N–H and O–H groups in total. The van der Waals surface area contributed by atoms with E-state index in [1.165, 1.54) is 4.68 Å². The average molecular weight is 384 g/mol. The molecule has 0 radical (unpaired) electrons. The largest absolute Gasteiger partial charge is 0.346 e. The lowest BCUT2D eigenvalue weighted by Gasteiger charge is -2.06. The third kappa shape index (κ3) is 3.64. The number of benzene rings is 1. The van der Waals surface area contributed by atoms with Crippen LogP contribution in [0, 0.1) is 6.92 Å². The molecule has 1 saturated carbocycles. The second-order valence-corrected chi connectivity index (χ2v) is 7.03. The smallest absolute Gasteiger partial charge is 0.324 e. The number of nitrogens with one attached hydrogen (secondary N) is 1. The summed E-state index contributed by atoms with van der Waals surface area (Å²) in [6, 6.07) is 9.07. The molecule has 0 unspecified atom stereocenters. The first-order valence-electron chi connectivity index (χ1n) is 8.68. The molecule has 0 aliphatic heterocycles. The Morgan fingerprint density at radius 2 is 2.15 bits per heavy atom. The Morgan fingerprint density at radius 3 is 2.81 bits per heavy atom. The minimum Gasteiger partial charge on any atom is -0.324 e. The van der Waals surface area contributed by atoms with Crippen molar-refractivity contribution in [3.63, 3.8) is 0 Å². The number of hydrogen-bond acceptors (Lipinski definition) is 4. The minimum absolute atomic E-state index is 0.139. The van der Waals surface area contributed by atoms with Crippen LogP contribution in [-0.2, 0) is 11.3 Å². The Hall–Kier alpha value is -2.93. The van der Waals surface area contributed by atoms with Crippen LogP contribution in [0.2, 0.25) is 5.02 Å². The first kappa shape index (κ1) is 17.5. The highest BCUT2D eigenvalue weighted by Crippen LogP contribution is 2.36. The number of aryl methyl sites for hydroxylation is 1. The van der Waals surface area contributed by atoms with Crippen molar-refractivity contribution in [3.8, 4) is 11.4 Å². The summed E-state index contributed by atoms with van der Waals surface area (Å²) in [5.74, 6) is 0.206. The molecule has 1 amide bonds. The lowest BCUT2D eigenvalue weighted by Crippen LogP contribution is -2.30. The van der Waals surface area contributed by atoms with Gasteiger partial charge in [0.1, 0.15) is 6.54 Å². The van der Waals surface area contributed by atoms with Gasteiger partial charge in [-0.25, -0.2) is 9.48 Å². The fourth-order valence-corrected chi connectivity index (χ4v) is 3.06. The number of aromatic nitrogens is 4. The van der Waals surface area contributed by atoms with Crippen molar-refractivity contribution in [2.45, 2.75) is 32.4 Å². The molecule has 138 valence electrons. The summed E-state index contributed by atoms with van der Waals surface area (Å²) in [7, 11) is 0. The van der Waals surface area contributed by atoms with E-state index in [-0.39, 0.29) is 24.2 Å². The first-order chi connectivity index (χ1) is 13.0. The van der Waals surface area contributed by atoms with E-state index in [0.717, 1.165) is 24.0 Å². The molecule has 0 spiro atoms. The molecule has 1 aromatic carbocycles. The van der Waals surface area contributed by atoms with Gasteiger partial charge in [-0.3, -0.25) is 14.3 Å². The van der Waals surface area contributed by atoms with E-state index in [2.05, 4.69) is 15.4 Å². The van der Waals surface area contributed by atoms with Gasteiger partial charge in [0.25, 0.3) is 0 Å². The Morgan fingerprint density at radius 1 is 1.33 bits per heavy atom. The van der Waals surface area contributed by atoms with E-state index in [4.69, 9.17) is 11.6 Å². The number of hydrogen-bond donors (Lipinski definition) is 1. The number of carbonyl (C=O) groups is 1. The Labute approximate surface area is 160 Å². The maximum Gasteiger partial charge on any atom is 0.346 e. The lowest BCUT2D eigenvalue weighted by atomic mass is 10.2. The van der Waals surface area contributed by atoms with E-state index in [1.54, 1.807) is 35.2 Å². The molecule has 0 saturated heterocycles. The van der Waals surface area contributed by atoms with Crippen molar-refractivity contribution in [1.29, 1.82) is 0 Å². The Balaban J connectivity index is 1.59. The van der Waals surface area contributed by atoms with Crippen LogP contribution in [0.4, 0.5) is 5.69 Å². The monoisotopic (exact) mass is 383 g/mol. The Kier molecular flexibility index (Phi) is 4.53. The standard InChI is InChI=1S/C19H18ClN5O2/c1-12-4-5-14(9-16(12)20)22-17(26)11-24-19(27)25(15-6-7-15)18(23-24)13-3-2-8-21-10-13/h2-5,8-10,15H,6-7,11H2,1H3,(H,22,26). The normalized spacial score (nSPS) is 13.6. The molecule has 1 aliphatic rings. The average Bonchev–Trinajstić information content (AvgIpc) is 3.44. The number of anilines is 1. The highest BCUT2D eigenvalue weighted by molar-refractivity contribution is 6.31. The highest BCUT2D eigenvalue weighted by Gasteiger charge is 2.30. The van der Waals surface area contributed by atoms with Gasteiger partial charge < -0.3 is 5.32 Å². The summed E-state index contributed by atoms with van der Waals surface area (Å²) < 4.78 is 2.86. The van der Waals surface area contributed by atoms with Gasteiger partial charge in [0.15, 0.2) is 5.82 Å². The van der Waals surface area contributed by atoms with Gasteiger partial charge in [0.05, 0.1) is 0 Å². The summed E-state index contributed by atoms with van der Waals surface area (Å²) in [4.78, 5) is 29.3. The van der Waals surface area contributed by atoms with Gasteiger partial charge in [-0.05, 0) is 49.6 Å². The molecule has 3 aromatic rings. The van der Waals surface area contributed by atoms with Gasteiger partial charge >= 0.3 is 5.69 Å². The molecule has 7 nitrogen and oxygen atoms in total. The van der Waals surface area contributed by atoms with E-state index < -0.39 is 0 Å². The number of halogens is 1. The zero-order valence-electron chi connectivity index (χ0n) is 14.7. The number of carbonyl (C=O) groups excluding carboxylic acids is 1.